The van der Waals surface area contributed by atoms with E-state index in [1.807, 2.05) is 20.0 Å². The summed E-state index contributed by atoms with van der Waals surface area (Å²) in [4.78, 5) is 0. The zero-order chi connectivity index (χ0) is 10.8. The Bertz CT molecular complexity index is 476. The second kappa shape index (κ2) is 3.73. The predicted molar refractivity (Wildman–Crippen MR) is 58.3 cm³/mol. The highest BCUT2D eigenvalue weighted by molar-refractivity contribution is 5.75. The highest BCUT2D eigenvalue weighted by Gasteiger charge is 2.10. The van der Waals surface area contributed by atoms with E-state index in [1.165, 1.54) is 12.1 Å². The van der Waals surface area contributed by atoms with Crippen LogP contribution in [0.4, 0.5) is 10.1 Å². The first-order valence-corrected chi connectivity index (χ1v) is 4.71. The van der Waals surface area contributed by atoms with Gasteiger partial charge in [-0.2, -0.15) is 5.10 Å². The molecule has 15 heavy (non-hydrogen) atoms. The zero-order valence-corrected chi connectivity index (χ0v) is 8.63. The average Bonchev–Trinajstić information content (AvgIpc) is 2.59. The summed E-state index contributed by atoms with van der Waals surface area (Å²) in [7, 11) is 1.82. The summed E-state index contributed by atoms with van der Waals surface area (Å²) in [6.45, 7) is 1.92. The summed E-state index contributed by atoms with van der Waals surface area (Å²) >= 11 is 0. The van der Waals surface area contributed by atoms with Gasteiger partial charge in [0.25, 0.3) is 0 Å². The van der Waals surface area contributed by atoms with E-state index < -0.39 is 0 Å². The van der Waals surface area contributed by atoms with Gasteiger partial charge in [-0.05, 0) is 19.1 Å². The number of aromatic amines is 1. The van der Waals surface area contributed by atoms with Crippen LogP contribution in [0.2, 0.25) is 0 Å². The van der Waals surface area contributed by atoms with Crippen molar-refractivity contribution >= 4 is 5.69 Å². The monoisotopic (exact) mass is 205 g/mol. The van der Waals surface area contributed by atoms with E-state index in [1.54, 1.807) is 6.07 Å². The molecule has 0 bridgehead atoms. The second-order valence-corrected chi connectivity index (χ2v) is 3.33. The number of nitrogens with one attached hydrogen (secondary N) is 2. The number of rotatable bonds is 2. The Morgan fingerprint density at radius 1 is 1.40 bits per heavy atom. The van der Waals surface area contributed by atoms with Crippen molar-refractivity contribution in [2.45, 2.75) is 6.92 Å². The Morgan fingerprint density at radius 3 is 2.87 bits per heavy atom. The first-order valence-electron chi connectivity index (χ1n) is 4.71. The summed E-state index contributed by atoms with van der Waals surface area (Å²) in [5.41, 5.74) is 3.36. The van der Waals surface area contributed by atoms with E-state index >= 15 is 0 Å². The van der Waals surface area contributed by atoms with Crippen LogP contribution in [0.25, 0.3) is 11.3 Å². The van der Waals surface area contributed by atoms with Gasteiger partial charge >= 0.3 is 0 Å². The minimum absolute atomic E-state index is 0.254. The molecule has 1 aromatic carbocycles. The van der Waals surface area contributed by atoms with E-state index in [0.717, 1.165) is 22.6 Å². The maximum Gasteiger partial charge on any atom is 0.123 e. The molecule has 0 unspecified atom stereocenters. The van der Waals surface area contributed by atoms with Gasteiger partial charge in [0.1, 0.15) is 11.5 Å². The molecule has 0 saturated heterocycles. The minimum Gasteiger partial charge on any atom is -0.385 e. The molecule has 0 aliphatic carbocycles. The lowest BCUT2D eigenvalue weighted by atomic mass is 10.1. The third-order valence-electron chi connectivity index (χ3n) is 2.30. The summed E-state index contributed by atoms with van der Waals surface area (Å²) in [6.07, 6.45) is 0. The highest BCUT2D eigenvalue weighted by atomic mass is 19.1. The minimum atomic E-state index is -0.254. The number of H-pyrrole nitrogens is 1. The number of hydrogen-bond acceptors (Lipinski definition) is 2. The van der Waals surface area contributed by atoms with Gasteiger partial charge in [0, 0.05) is 12.6 Å². The van der Waals surface area contributed by atoms with Crippen molar-refractivity contribution < 1.29 is 4.39 Å². The van der Waals surface area contributed by atoms with Crippen molar-refractivity contribution in [2.75, 3.05) is 12.4 Å². The number of aromatic nitrogens is 2. The first kappa shape index (κ1) is 9.71. The van der Waals surface area contributed by atoms with Gasteiger partial charge in [-0.1, -0.05) is 12.1 Å². The van der Waals surface area contributed by atoms with Crippen molar-refractivity contribution in [3.63, 3.8) is 0 Å². The second-order valence-electron chi connectivity index (χ2n) is 3.33. The lowest BCUT2D eigenvalue weighted by molar-refractivity contribution is 0.628. The van der Waals surface area contributed by atoms with Gasteiger partial charge in [0.15, 0.2) is 0 Å². The molecule has 0 spiro atoms. The number of anilines is 1. The molecule has 1 aromatic heterocycles. The molecule has 0 atom stereocenters. The molecule has 0 amide bonds. The number of nitrogens with zero attached hydrogens (tertiary/aromatic N) is 1. The molecular formula is C11H12FN3. The quantitative estimate of drug-likeness (QED) is 0.791. The topological polar surface area (TPSA) is 40.7 Å². The predicted octanol–water partition coefficient (Wildman–Crippen LogP) is 2.57. The summed E-state index contributed by atoms with van der Waals surface area (Å²) in [5.74, 6) is -0.254. The smallest absolute Gasteiger partial charge is 0.123 e. The van der Waals surface area contributed by atoms with Crippen LogP contribution in [-0.2, 0) is 0 Å². The Labute approximate surface area is 87.3 Å². The lowest BCUT2D eigenvalue weighted by Gasteiger charge is -2.02. The Kier molecular flexibility index (Phi) is 2.41. The van der Waals surface area contributed by atoms with Crippen molar-refractivity contribution in [2.24, 2.45) is 0 Å². The molecule has 2 rings (SSSR count). The van der Waals surface area contributed by atoms with Crippen molar-refractivity contribution in [3.05, 3.63) is 35.8 Å². The van der Waals surface area contributed by atoms with Crippen LogP contribution in [0.5, 0.6) is 0 Å². The molecule has 2 aromatic rings. The van der Waals surface area contributed by atoms with E-state index in [0.29, 0.717) is 0 Å². The van der Waals surface area contributed by atoms with Gasteiger partial charge in [0.2, 0.25) is 0 Å². The van der Waals surface area contributed by atoms with E-state index in [-0.39, 0.29) is 5.82 Å². The molecule has 4 heteroatoms. The molecule has 0 aliphatic heterocycles. The van der Waals surface area contributed by atoms with Gasteiger partial charge in [0.05, 0.1) is 11.4 Å². The fraction of sp³-hybridized carbons (Fsp3) is 0.182. The summed E-state index contributed by atoms with van der Waals surface area (Å²) in [6, 6.07) is 6.40. The number of halogens is 1. The zero-order valence-electron chi connectivity index (χ0n) is 8.63. The van der Waals surface area contributed by atoms with E-state index in [4.69, 9.17) is 0 Å². The first-order chi connectivity index (χ1) is 7.22. The lowest BCUT2D eigenvalue weighted by Crippen LogP contribution is -1.91. The summed E-state index contributed by atoms with van der Waals surface area (Å²) in [5, 5.41) is 10.1. The largest absolute Gasteiger partial charge is 0.385 e. The third-order valence-corrected chi connectivity index (χ3v) is 2.30. The number of benzene rings is 1. The van der Waals surface area contributed by atoms with Crippen molar-refractivity contribution in [1.82, 2.24) is 10.2 Å². The molecular weight excluding hydrogens is 193 g/mol. The Morgan fingerprint density at radius 2 is 2.20 bits per heavy atom. The molecule has 3 nitrogen and oxygen atoms in total. The number of hydrogen-bond donors (Lipinski definition) is 2. The molecule has 78 valence electrons. The Balaban J connectivity index is 2.54. The normalized spacial score (nSPS) is 10.3. The van der Waals surface area contributed by atoms with Gasteiger partial charge in [-0.25, -0.2) is 4.39 Å². The fourth-order valence-electron chi connectivity index (χ4n) is 1.58. The maximum atomic E-state index is 13.0. The fourth-order valence-corrected chi connectivity index (χ4v) is 1.58. The van der Waals surface area contributed by atoms with Crippen LogP contribution >= 0.6 is 0 Å². The van der Waals surface area contributed by atoms with Crippen LogP contribution < -0.4 is 5.32 Å². The SMILES string of the molecule is CNc1c(-c2cccc(F)c2)n[nH]c1C. The van der Waals surface area contributed by atoms with Gasteiger partial charge < -0.3 is 5.32 Å². The van der Waals surface area contributed by atoms with E-state index in [9.17, 15) is 4.39 Å². The molecule has 1 heterocycles. The molecule has 2 N–H and O–H groups in total. The standard InChI is InChI=1S/C11H12FN3/c1-7-10(13-2)11(15-14-7)8-4-3-5-9(12)6-8/h3-6,13H,1-2H3,(H,14,15). The van der Waals surface area contributed by atoms with Gasteiger partial charge in [-0.3, -0.25) is 5.10 Å². The van der Waals surface area contributed by atoms with Crippen molar-refractivity contribution in [3.8, 4) is 11.3 Å². The van der Waals surface area contributed by atoms with Crippen LogP contribution in [0.1, 0.15) is 5.69 Å². The third kappa shape index (κ3) is 1.70. The molecule has 0 saturated carbocycles. The average molecular weight is 205 g/mol. The molecule has 0 radical (unpaired) electrons. The van der Waals surface area contributed by atoms with E-state index in [2.05, 4.69) is 15.5 Å². The maximum absolute atomic E-state index is 13.0. The van der Waals surface area contributed by atoms with Crippen molar-refractivity contribution in [1.29, 1.82) is 0 Å². The molecule has 0 aliphatic rings. The Hall–Kier alpha value is -1.84. The van der Waals surface area contributed by atoms with Crippen LogP contribution in [-0.4, -0.2) is 17.2 Å². The van der Waals surface area contributed by atoms with Crippen LogP contribution in [0, 0.1) is 12.7 Å². The highest BCUT2D eigenvalue weighted by Crippen LogP contribution is 2.27. The van der Waals surface area contributed by atoms with Gasteiger partial charge in [-0.15, -0.1) is 0 Å². The summed E-state index contributed by atoms with van der Waals surface area (Å²) < 4.78 is 13.0. The molecule has 0 fully saturated rings. The van der Waals surface area contributed by atoms with Crippen LogP contribution in [0.3, 0.4) is 0 Å². The number of aryl methyl sites for hydroxylation is 1. The van der Waals surface area contributed by atoms with Crippen LogP contribution in [0.15, 0.2) is 24.3 Å².